The zero-order valence-electron chi connectivity index (χ0n) is 8.82. The molecule has 0 aliphatic carbocycles. The van der Waals surface area contributed by atoms with Crippen LogP contribution in [0.15, 0.2) is 18.2 Å². The predicted molar refractivity (Wildman–Crippen MR) is 57.9 cm³/mol. The molecule has 1 saturated heterocycles. The molecule has 0 aromatic heterocycles. The van der Waals surface area contributed by atoms with Crippen molar-refractivity contribution in [2.24, 2.45) is 0 Å². The van der Waals surface area contributed by atoms with Crippen LogP contribution in [0, 0.1) is 0 Å². The highest BCUT2D eigenvalue weighted by Crippen LogP contribution is 2.37. The highest BCUT2D eigenvalue weighted by atomic mass is 16.5. The molecule has 1 aromatic rings. The summed E-state index contributed by atoms with van der Waals surface area (Å²) >= 11 is 0. The second-order valence-corrected chi connectivity index (χ2v) is 4.49. The predicted octanol–water partition coefficient (Wildman–Crippen LogP) is 1.09. The lowest BCUT2D eigenvalue weighted by Crippen LogP contribution is -2.43. The van der Waals surface area contributed by atoms with E-state index >= 15 is 0 Å². The summed E-state index contributed by atoms with van der Waals surface area (Å²) in [6.07, 6.45) is 1.26. The van der Waals surface area contributed by atoms with Gasteiger partial charge in [-0.1, -0.05) is 0 Å². The Labute approximate surface area is 93.2 Å². The molecular weight excluding hydrogens is 206 g/mol. The second-order valence-electron chi connectivity index (χ2n) is 4.49. The maximum atomic E-state index is 12.0. The molecule has 1 unspecified atom stereocenters. The number of carbonyl (C=O) groups excluding carboxylic acids is 1. The van der Waals surface area contributed by atoms with Crippen molar-refractivity contribution in [2.75, 3.05) is 13.1 Å². The van der Waals surface area contributed by atoms with Gasteiger partial charge in [0.2, 0.25) is 0 Å². The van der Waals surface area contributed by atoms with Gasteiger partial charge >= 0.3 is 0 Å². The first-order valence-electron chi connectivity index (χ1n) is 5.45. The van der Waals surface area contributed by atoms with E-state index in [1.807, 2.05) is 0 Å². The van der Waals surface area contributed by atoms with E-state index in [-0.39, 0.29) is 17.1 Å². The monoisotopic (exact) mass is 219 g/mol. The van der Waals surface area contributed by atoms with Crippen LogP contribution in [-0.2, 0) is 0 Å². The van der Waals surface area contributed by atoms with Crippen molar-refractivity contribution in [3.05, 3.63) is 23.8 Å². The minimum Gasteiger partial charge on any atom is -0.508 e. The molecule has 1 atom stereocenters. The fraction of sp³-hybridized carbons (Fsp3) is 0.417. The van der Waals surface area contributed by atoms with Gasteiger partial charge in [-0.2, -0.15) is 0 Å². The zero-order valence-corrected chi connectivity index (χ0v) is 8.82. The molecule has 0 radical (unpaired) electrons. The summed E-state index contributed by atoms with van der Waals surface area (Å²) in [4.78, 5) is 12.0. The van der Waals surface area contributed by atoms with Gasteiger partial charge in [-0.15, -0.1) is 0 Å². The van der Waals surface area contributed by atoms with Gasteiger partial charge in [0, 0.05) is 13.0 Å². The largest absolute Gasteiger partial charge is 0.508 e. The summed E-state index contributed by atoms with van der Waals surface area (Å²) in [7, 11) is 0. The maximum absolute atomic E-state index is 12.0. The van der Waals surface area contributed by atoms with E-state index in [2.05, 4.69) is 5.32 Å². The second kappa shape index (κ2) is 3.22. The third-order valence-electron chi connectivity index (χ3n) is 3.28. The molecule has 2 aliphatic heterocycles. The summed E-state index contributed by atoms with van der Waals surface area (Å²) in [6, 6.07) is 4.70. The molecule has 1 aromatic carbocycles. The molecule has 4 heteroatoms. The fourth-order valence-electron chi connectivity index (χ4n) is 2.44. The van der Waals surface area contributed by atoms with Crippen molar-refractivity contribution in [2.45, 2.75) is 18.4 Å². The molecular formula is C12H13NO3. The normalized spacial score (nSPS) is 27.9. The summed E-state index contributed by atoms with van der Waals surface area (Å²) in [5.41, 5.74) is 0.138. The third kappa shape index (κ3) is 1.38. The van der Waals surface area contributed by atoms with Gasteiger partial charge in [0.05, 0.1) is 12.0 Å². The Morgan fingerprint density at radius 2 is 2.31 bits per heavy atom. The summed E-state index contributed by atoms with van der Waals surface area (Å²) < 4.78 is 5.91. The van der Waals surface area contributed by atoms with Crippen LogP contribution < -0.4 is 10.1 Å². The number of rotatable bonds is 0. The van der Waals surface area contributed by atoms with Crippen LogP contribution in [-0.4, -0.2) is 29.6 Å². The molecule has 84 valence electrons. The Hall–Kier alpha value is -1.55. The average Bonchev–Trinajstić information content (AvgIpc) is 2.68. The Kier molecular flexibility index (Phi) is 1.94. The van der Waals surface area contributed by atoms with E-state index in [1.54, 1.807) is 12.1 Å². The van der Waals surface area contributed by atoms with Crippen LogP contribution in [0.3, 0.4) is 0 Å². The smallest absolute Gasteiger partial charge is 0.170 e. The summed E-state index contributed by atoms with van der Waals surface area (Å²) in [5.74, 6) is 0.759. The van der Waals surface area contributed by atoms with Gasteiger partial charge in [-0.25, -0.2) is 0 Å². The maximum Gasteiger partial charge on any atom is 0.170 e. The van der Waals surface area contributed by atoms with Crippen molar-refractivity contribution in [1.82, 2.24) is 5.32 Å². The van der Waals surface area contributed by atoms with Crippen molar-refractivity contribution < 1.29 is 14.6 Å². The Morgan fingerprint density at radius 1 is 1.44 bits per heavy atom. The van der Waals surface area contributed by atoms with E-state index in [9.17, 15) is 9.90 Å². The number of Topliss-reactive ketones (excluding diaryl/α,β-unsaturated/α-hetero) is 1. The number of carbonyl (C=O) groups is 1. The molecule has 0 saturated carbocycles. The minimum atomic E-state index is -0.360. The van der Waals surface area contributed by atoms with Gasteiger partial charge in [0.25, 0.3) is 0 Å². The van der Waals surface area contributed by atoms with E-state index in [4.69, 9.17) is 4.74 Å². The molecule has 2 aliphatic rings. The number of hydrogen-bond acceptors (Lipinski definition) is 4. The molecule has 2 heterocycles. The quantitative estimate of drug-likeness (QED) is 0.685. The van der Waals surface area contributed by atoms with Gasteiger partial charge < -0.3 is 15.2 Å². The van der Waals surface area contributed by atoms with E-state index in [0.717, 1.165) is 19.5 Å². The van der Waals surface area contributed by atoms with Crippen LogP contribution >= 0.6 is 0 Å². The Morgan fingerprint density at radius 3 is 3.06 bits per heavy atom. The van der Waals surface area contributed by atoms with Gasteiger partial charge in [-0.05, 0) is 24.7 Å². The number of nitrogens with one attached hydrogen (secondary N) is 1. The number of aromatic hydroxyl groups is 1. The van der Waals surface area contributed by atoms with E-state index in [1.165, 1.54) is 6.07 Å². The number of hydrogen-bond donors (Lipinski definition) is 2. The lowest BCUT2D eigenvalue weighted by atomic mass is 9.89. The Bertz CT molecular complexity index is 450. The van der Waals surface area contributed by atoms with Crippen molar-refractivity contribution in [1.29, 1.82) is 0 Å². The third-order valence-corrected chi connectivity index (χ3v) is 3.28. The number of phenols is 1. The van der Waals surface area contributed by atoms with E-state index in [0.29, 0.717) is 17.7 Å². The standard InChI is InChI=1S/C12H13NO3/c14-8-1-2-11-9(5-8)10(15)6-12(16-11)3-4-13-7-12/h1-2,5,13-14H,3-4,6-7H2. The first-order chi connectivity index (χ1) is 7.69. The molecule has 16 heavy (non-hydrogen) atoms. The molecule has 4 nitrogen and oxygen atoms in total. The molecule has 1 spiro atoms. The number of ketones is 1. The number of phenolic OH excluding ortho intramolecular Hbond substituents is 1. The topological polar surface area (TPSA) is 58.6 Å². The minimum absolute atomic E-state index is 0.0563. The number of benzene rings is 1. The van der Waals surface area contributed by atoms with Crippen molar-refractivity contribution in [3.63, 3.8) is 0 Å². The molecule has 3 rings (SSSR count). The molecule has 2 N–H and O–H groups in total. The number of ether oxygens (including phenoxy) is 1. The molecule has 1 fully saturated rings. The van der Waals surface area contributed by atoms with Crippen LogP contribution in [0.5, 0.6) is 11.5 Å². The van der Waals surface area contributed by atoms with Crippen molar-refractivity contribution in [3.8, 4) is 11.5 Å². The SMILES string of the molecule is O=C1CC2(CCNC2)Oc2ccc(O)cc21. The Balaban J connectivity index is 2.02. The van der Waals surface area contributed by atoms with Gasteiger partial charge in [-0.3, -0.25) is 4.79 Å². The lowest BCUT2D eigenvalue weighted by molar-refractivity contribution is 0.0527. The van der Waals surface area contributed by atoms with E-state index < -0.39 is 0 Å². The first kappa shape index (κ1) is 9.66. The van der Waals surface area contributed by atoms with Gasteiger partial charge in [0.15, 0.2) is 5.78 Å². The zero-order chi connectivity index (χ0) is 11.2. The highest BCUT2D eigenvalue weighted by Gasteiger charge is 2.42. The average molecular weight is 219 g/mol. The van der Waals surface area contributed by atoms with Crippen molar-refractivity contribution >= 4 is 5.78 Å². The fourth-order valence-corrected chi connectivity index (χ4v) is 2.44. The van der Waals surface area contributed by atoms with Crippen LogP contribution in [0.1, 0.15) is 23.2 Å². The highest BCUT2D eigenvalue weighted by molar-refractivity contribution is 6.00. The number of fused-ring (bicyclic) bond motifs is 1. The molecule has 0 bridgehead atoms. The summed E-state index contributed by atoms with van der Waals surface area (Å²) in [5, 5.41) is 12.6. The van der Waals surface area contributed by atoms with Crippen LogP contribution in [0.4, 0.5) is 0 Å². The van der Waals surface area contributed by atoms with Crippen LogP contribution in [0.25, 0.3) is 0 Å². The van der Waals surface area contributed by atoms with Crippen LogP contribution in [0.2, 0.25) is 0 Å². The lowest BCUT2D eigenvalue weighted by Gasteiger charge is -2.34. The molecule has 0 amide bonds. The van der Waals surface area contributed by atoms with Gasteiger partial charge in [0.1, 0.15) is 17.1 Å². The summed E-state index contributed by atoms with van der Waals surface area (Å²) in [6.45, 7) is 1.61. The first-order valence-corrected chi connectivity index (χ1v) is 5.45.